The van der Waals surface area contributed by atoms with Gasteiger partial charge in [-0.15, -0.1) is 0 Å². The largest absolute Gasteiger partial charge is 0.339 e. The highest BCUT2D eigenvalue weighted by Gasteiger charge is 2.35. The minimum Gasteiger partial charge on any atom is -0.339 e. The highest BCUT2D eigenvalue weighted by molar-refractivity contribution is 9.10. The molecule has 26 heavy (non-hydrogen) atoms. The van der Waals surface area contributed by atoms with Crippen molar-refractivity contribution in [1.82, 2.24) is 10.1 Å². The Balaban J connectivity index is 1.56. The number of aryl methyl sites for hydroxylation is 2. The molecule has 0 radical (unpaired) electrons. The van der Waals surface area contributed by atoms with Gasteiger partial charge in [-0.25, -0.2) is 0 Å². The molecule has 2 heterocycles. The van der Waals surface area contributed by atoms with E-state index in [1.807, 2.05) is 55.1 Å². The van der Waals surface area contributed by atoms with Gasteiger partial charge in [0.1, 0.15) is 0 Å². The number of halogens is 1. The van der Waals surface area contributed by atoms with E-state index < -0.39 is 0 Å². The molecule has 1 aromatic heterocycles. The number of benzene rings is 2. The summed E-state index contributed by atoms with van der Waals surface area (Å²) >= 11 is 3.42. The monoisotopic (exact) mass is 411 g/mol. The summed E-state index contributed by atoms with van der Waals surface area (Å²) in [6.07, 6.45) is 0.384. The number of amides is 1. The predicted octanol–water partition coefficient (Wildman–Crippen LogP) is 4.64. The Hall–Kier alpha value is -2.47. The molecule has 5 nitrogen and oxygen atoms in total. The van der Waals surface area contributed by atoms with Crippen LogP contribution in [0.1, 0.15) is 29.4 Å². The van der Waals surface area contributed by atoms with Gasteiger partial charge in [-0.1, -0.05) is 38.8 Å². The van der Waals surface area contributed by atoms with Gasteiger partial charge in [-0.3, -0.25) is 4.79 Å². The lowest BCUT2D eigenvalue weighted by molar-refractivity contribution is -0.117. The van der Waals surface area contributed by atoms with Gasteiger partial charge in [0.2, 0.25) is 17.6 Å². The first-order valence-electron chi connectivity index (χ1n) is 8.48. The fourth-order valence-corrected chi connectivity index (χ4v) is 3.60. The van der Waals surface area contributed by atoms with Crippen LogP contribution >= 0.6 is 15.9 Å². The summed E-state index contributed by atoms with van der Waals surface area (Å²) in [5, 5.41) is 4.08. The van der Waals surface area contributed by atoms with Gasteiger partial charge in [-0.2, -0.15) is 4.98 Å². The fraction of sp³-hybridized carbons (Fsp3) is 0.250. The normalized spacial score (nSPS) is 17.1. The summed E-state index contributed by atoms with van der Waals surface area (Å²) < 4.78 is 6.46. The molecule has 1 aliphatic rings. The molecule has 0 spiro atoms. The third-order valence-electron chi connectivity index (χ3n) is 4.66. The Morgan fingerprint density at radius 1 is 1.15 bits per heavy atom. The quantitative estimate of drug-likeness (QED) is 0.629. The first-order chi connectivity index (χ1) is 12.5. The van der Waals surface area contributed by atoms with E-state index in [0.29, 0.717) is 24.7 Å². The van der Waals surface area contributed by atoms with E-state index in [2.05, 4.69) is 32.1 Å². The van der Waals surface area contributed by atoms with Gasteiger partial charge in [0.05, 0.1) is 5.92 Å². The topological polar surface area (TPSA) is 59.2 Å². The summed E-state index contributed by atoms with van der Waals surface area (Å²) in [5.41, 5.74) is 4.13. The summed E-state index contributed by atoms with van der Waals surface area (Å²) in [6, 6.07) is 13.9. The maximum Gasteiger partial charge on any atom is 0.232 e. The molecule has 0 unspecified atom stereocenters. The van der Waals surface area contributed by atoms with Crippen LogP contribution in [-0.4, -0.2) is 22.6 Å². The maximum absolute atomic E-state index is 12.5. The van der Waals surface area contributed by atoms with Crippen molar-refractivity contribution in [3.05, 3.63) is 64.0 Å². The van der Waals surface area contributed by atoms with E-state index in [-0.39, 0.29) is 11.8 Å². The third-order valence-corrected chi connectivity index (χ3v) is 5.19. The number of anilines is 1. The molecule has 3 aromatic rings. The number of hydrogen-bond donors (Lipinski definition) is 0. The summed E-state index contributed by atoms with van der Waals surface area (Å²) in [4.78, 5) is 18.9. The Labute approximate surface area is 160 Å². The molecule has 1 aliphatic heterocycles. The maximum atomic E-state index is 12.5. The fourth-order valence-electron chi connectivity index (χ4n) is 3.33. The second-order valence-corrected chi connectivity index (χ2v) is 7.57. The van der Waals surface area contributed by atoms with E-state index in [9.17, 15) is 4.79 Å². The minimum atomic E-state index is -0.0834. The van der Waals surface area contributed by atoms with E-state index in [4.69, 9.17) is 4.52 Å². The van der Waals surface area contributed by atoms with Crippen molar-refractivity contribution in [2.75, 3.05) is 11.4 Å². The third kappa shape index (κ3) is 3.17. The number of aromatic nitrogens is 2. The van der Waals surface area contributed by atoms with Gasteiger partial charge in [0.15, 0.2) is 0 Å². The lowest BCUT2D eigenvalue weighted by atomic mass is 10.1. The molecule has 1 atom stereocenters. The molecule has 0 N–H and O–H groups in total. The Bertz CT molecular complexity index is 965. The summed E-state index contributed by atoms with van der Waals surface area (Å²) in [5.74, 6) is 1.07. The van der Waals surface area contributed by atoms with E-state index in [1.54, 1.807) is 0 Å². The molecule has 4 rings (SSSR count). The van der Waals surface area contributed by atoms with E-state index in [1.165, 1.54) is 5.56 Å². The molecule has 132 valence electrons. The first kappa shape index (κ1) is 17.0. The van der Waals surface area contributed by atoms with Crippen molar-refractivity contribution in [1.29, 1.82) is 0 Å². The summed E-state index contributed by atoms with van der Waals surface area (Å²) in [6.45, 7) is 4.64. The lowest BCUT2D eigenvalue weighted by Crippen LogP contribution is -2.25. The number of nitrogens with zero attached hydrogens (tertiary/aromatic N) is 3. The van der Waals surface area contributed by atoms with Crippen LogP contribution in [0.5, 0.6) is 0 Å². The Kier molecular flexibility index (Phi) is 4.36. The van der Waals surface area contributed by atoms with Crippen molar-refractivity contribution in [3.63, 3.8) is 0 Å². The standard InChI is InChI=1S/C20H18BrN3O2/c1-12-3-8-17(13(2)9-12)24-11-15(10-18(24)25)20-22-19(23-26-20)14-4-6-16(21)7-5-14/h3-9,15H,10-11H2,1-2H3/t15-/m1/s1. The molecule has 6 heteroatoms. The Morgan fingerprint density at radius 3 is 2.65 bits per heavy atom. The van der Waals surface area contributed by atoms with Crippen LogP contribution in [0.3, 0.4) is 0 Å². The van der Waals surface area contributed by atoms with Crippen LogP contribution in [0.15, 0.2) is 51.5 Å². The molecule has 0 saturated carbocycles. The zero-order valence-electron chi connectivity index (χ0n) is 14.6. The molecule has 1 saturated heterocycles. The van der Waals surface area contributed by atoms with Gasteiger partial charge < -0.3 is 9.42 Å². The lowest BCUT2D eigenvalue weighted by Gasteiger charge is -2.19. The minimum absolute atomic E-state index is 0.0834. The average molecular weight is 412 g/mol. The van der Waals surface area contributed by atoms with Gasteiger partial charge in [-0.05, 0) is 49.7 Å². The van der Waals surface area contributed by atoms with Gasteiger partial charge in [0.25, 0.3) is 0 Å². The van der Waals surface area contributed by atoms with Crippen LogP contribution in [-0.2, 0) is 4.79 Å². The van der Waals surface area contributed by atoms with Crippen molar-refractivity contribution in [3.8, 4) is 11.4 Å². The second-order valence-electron chi connectivity index (χ2n) is 6.66. The highest BCUT2D eigenvalue weighted by atomic mass is 79.9. The van der Waals surface area contributed by atoms with Crippen LogP contribution in [0.2, 0.25) is 0 Å². The van der Waals surface area contributed by atoms with Crippen LogP contribution < -0.4 is 4.90 Å². The second kappa shape index (κ2) is 6.68. The molecule has 1 amide bonds. The van der Waals surface area contributed by atoms with Crippen LogP contribution in [0, 0.1) is 13.8 Å². The van der Waals surface area contributed by atoms with Gasteiger partial charge in [0, 0.05) is 28.7 Å². The number of carbonyl (C=O) groups excluding carboxylic acids is 1. The molecular weight excluding hydrogens is 394 g/mol. The van der Waals surface area contributed by atoms with Crippen LogP contribution in [0.4, 0.5) is 5.69 Å². The smallest absolute Gasteiger partial charge is 0.232 e. The molecular formula is C20H18BrN3O2. The van der Waals surface area contributed by atoms with Crippen molar-refractivity contribution >= 4 is 27.5 Å². The van der Waals surface area contributed by atoms with E-state index >= 15 is 0 Å². The SMILES string of the molecule is Cc1ccc(N2C[C@H](c3nc(-c4ccc(Br)cc4)no3)CC2=O)c(C)c1. The van der Waals surface area contributed by atoms with Gasteiger partial charge >= 0.3 is 0 Å². The molecule has 0 bridgehead atoms. The Morgan fingerprint density at radius 2 is 1.92 bits per heavy atom. The predicted molar refractivity (Wildman–Crippen MR) is 103 cm³/mol. The summed E-state index contributed by atoms with van der Waals surface area (Å²) in [7, 11) is 0. The van der Waals surface area contributed by atoms with Crippen molar-refractivity contribution in [2.24, 2.45) is 0 Å². The molecule has 2 aromatic carbocycles. The van der Waals surface area contributed by atoms with Crippen molar-refractivity contribution in [2.45, 2.75) is 26.2 Å². The molecule has 1 fully saturated rings. The number of carbonyl (C=O) groups is 1. The van der Waals surface area contributed by atoms with Crippen molar-refractivity contribution < 1.29 is 9.32 Å². The average Bonchev–Trinajstić information content (AvgIpc) is 3.23. The van der Waals surface area contributed by atoms with E-state index in [0.717, 1.165) is 21.3 Å². The first-order valence-corrected chi connectivity index (χ1v) is 9.28. The highest BCUT2D eigenvalue weighted by Crippen LogP contribution is 2.33. The number of hydrogen-bond acceptors (Lipinski definition) is 4. The van der Waals surface area contributed by atoms with Crippen LogP contribution in [0.25, 0.3) is 11.4 Å². The molecule has 0 aliphatic carbocycles. The zero-order chi connectivity index (χ0) is 18.3. The zero-order valence-corrected chi connectivity index (χ0v) is 16.2. The number of rotatable bonds is 3.